The van der Waals surface area contributed by atoms with Gasteiger partial charge in [0, 0.05) is 182 Å². The zero-order chi connectivity index (χ0) is 101. The van der Waals surface area contributed by atoms with E-state index in [1.165, 1.54) is 68.9 Å². The summed E-state index contributed by atoms with van der Waals surface area (Å²) in [6.07, 6.45) is 30.6. The summed E-state index contributed by atoms with van der Waals surface area (Å²) in [6, 6.07) is 9.65. The van der Waals surface area contributed by atoms with Crippen LogP contribution in [-0.2, 0) is 99.0 Å². The van der Waals surface area contributed by atoms with Gasteiger partial charge >= 0.3 is 34.7 Å². The molecule has 134 heavy (non-hydrogen) atoms. The van der Waals surface area contributed by atoms with Crippen LogP contribution in [0.2, 0.25) is 5.15 Å². The lowest BCUT2D eigenvalue weighted by molar-refractivity contribution is -0.386. The molecule has 0 bridgehead atoms. The third-order valence-corrected chi connectivity index (χ3v) is 26.8. The number of nitrogens with zero attached hydrogens (tertiary/aromatic N) is 10. The number of aromatic nitrogens is 9. The lowest BCUT2D eigenvalue weighted by Gasteiger charge is -2.13. The number of hydrogen-bond donors (Lipinski definition) is 1. The van der Waals surface area contributed by atoms with Crippen LogP contribution in [0.15, 0.2) is 183 Å². The average molecular weight is 2550 g/mol. The lowest BCUT2D eigenvalue weighted by atomic mass is 10.1. The molecule has 0 spiro atoms. The van der Waals surface area contributed by atoms with Crippen molar-refractivity contribution in [3.05, 3.63) is 303 Å². The minimum absolute atomic E-state index is 0.0331. The molecule has 5 aliphatic carbocycles. The number of aryl methyl sites for hydroxylation is 6. The zero-order valence-electron chi connectivity index (χ0n) is 71.7. The molecular weight excluding hydrogens is 2480 g/mol. The van der Waals surface area contributed by atoms with Gasteiger partial charge in [-0.3, -0.25) is 53.8 Å². The topological polar surface area (TPSA) is 390 Å². The highest BCUT2D eigenvalue weighted by Gasteiger charge is 2.38. The third kappa shape index (κ3) is 30.4. The van der Waals surface area contributed by atoms with Crippen molar-refractivity contribution in [3.63, 3.8) is 0 Å². The number of ether oxygens (including phenoxy) is 4. The molecule has 9 aromatic heterocycles. The molecule has 0 fully saturated rings. The molecule has 30 nitrogen and oxygen atoms in total. The highest BCUT2D eigenvalue weighted by atomic mass is 79.9. The van der Waals surface area contributed by atoms with Gasteiger partial charge in [-0.05, 0) is 224 Å². The van der Waals surface area contributed by atoms with E-state index in [4.69, 9.17) is 142 Å². The molecule has 5 aliphatic rings. The Morgan fingerprint density at radius 2 is 0.985 bits per heavy atom. The summed E-state index contributed by atoms with van der Waals surface area (Å²) >= 11 is 63.4. The number of ketones is 1. The SMILES string of the molecule is CC(C)COC(=O)C1=CCc2c1c(Br)cn(C)c2=O.CCOC(=O)C1=CCc2c1c(Br)cn(C)c2=O.COc1ncc(Br)c(C)c1[N+](=O)[O-].COc1ncc(Br)c2c1CC=C2.Cc1ccc(S(=O)(=O)n2ccc3c(Br)c[nH]c(=O)c32)cc1.Cc1ccnc(Cl)c1[N+](=O)[O-].Cn1cc(Br)c2c(c1=O)CC=C2.Cn1cc(Br)c2c(c1=O)CC=C2C(=O)C(Cl)(Cl)Cl.O=C(Cl)C(Cl)(Cl)Cl.[Cl][Al]([Cl])[Cl]. The number of carbonyl (C=O) groups is 4. The Morgan fingerprint density at radius 3 is 1.41 bits per heavy atom. The van der Waals surface area contributed by atoms with E-state index in [9.17, 15) is 71.8 Å². The molecule has 0 unspecified atom stereocenters. The number of benzene rings is 1. The highest BCUT2D eigenvalue weighted by molar-refractivity contribution is 9.11. The second-order valence-electron chi connectivity index (χ2n) is 28.3. The minimum Gasteiger partial charge on any atom is -0.481 e. The van der Waals surface area contributed by atoms with Gasteiger partial charge in [-0.2, -0.15) is 0 Å². The molecule has 714 valence electrons. The van der Waals surface area contributed by atoms with Crippen LogP contribution in [0.3, 0.4) is 0 Å². The van der Waals surface area contributed by atoms with Crippen LogP contribution >= 0.6 is 234 Å². The van der Waals surface area contributed by atoms with Gasteiger partial charge in [0.05, 0.1) is 53.3 Å². The number of carbonyl (C=O) groups excluding carboxylic acids is 4. The maximum Gasteiger partial charge on any atom is 0.643 e. The number of nitro groups is 2. The second-order valence-corrected chi connectivity index (χ2v) is 47.8. The van der Waals surface area contributed by atoms with Crippen molar-refractivity contribution >= 4 is 330 Å². The van der Waals surface area contributed by atoms with E-state index >= 15 is 0 Å². The van der Waals surface area contributed by atoms with Gasteiger partial charge in [0.1, 0.15) is 5.52 Å². The van der Waals surface area contributed by atoms with Crippen LogP contribution < -0.4 is 37.3 Å². The van der Waals surface area contributed by atoms with Gasteiger partial charge in [-0.25, -0.2) is 67.1 Å². The number of alkyl halides is 6. The Labute approximate surface area is 881 Å². The molecule has 0 saturated heterocycles. The Bertz CT molecular complexity index is 6800. The Kier molecular flexibility index (Phi) is 45.1. The molecule has 50 heteroatoms. The summed E-state index contributed by atoms with van der Waals surface area (Å²) in [4.78, 5) is 139. The van der Waals surface area contributed by atoms with Gasteiger partial charge in [0.15, 0.2) is 0 Å². The Hall–Kier alpha value is -6.63. The fourth-order valence-electron chi connectivity index (χ4n) is 12.5. The summed E-state index contributed by atoms with van der Waals surface area (Å²) in [5.74, 6) is -0.303. The number of halogens is 18. The van der Waals surface area contributed by atoms with E-state index in [0.717, 1.165) is 57.3 Å². The average Bonchev–Trinajstić information content (AvgIpc) is 1.57. The predicted octanol–water partition coefficient (Wildman–Crippen LogP) is 21.6. The second kappa shape index (κ2) is 52.0. The fraction of sp³-hybridized carbons (Fsp3) is 0.262. The summed E-state index contributed by atoms with van der Waals surface area (Å²) < 4.78 is 53.9. The lowest BCUT2D eigenvalue weighted by Crippen LogP contribution is -2.23. The molecule has 0 amide bonds. The number of methoxy groups -OCH3 is 2. The third-order valence-electron chi connectivity index (χ3n) is 18.7. The van der Waals surface area contributed by atoms with E-state index in [-0.39, 0.29) is 78.5 Å². The van der Waals surface area contributed by atoms with Crippen molar-refractivity contribution < 1.29 is 56.4 Å². The Balaban J connectivity index is 0.000000233. The molecule has 10 aromatic rings. The van der Waals surface area contributed by atoms with Crippen LogP contribution in [0.4, 0.5) is 11.4 Å². The predicted molar refractivity (Wildman–Crippen MR) is 553 cm³/mol. The monoisotopic (exact) mass is 2540 g/mol. The van der Waals surface area contributed by atoms with E-state index in [0.29, 0.717) is 107 Å². The van der Waals surface area contributed by atoms with E-state index < -0.39 is 55.4 Å². The van der Waals surface area contributed by atoms with Gasteiger partial charge < -0.3 is 42.2 Å². The first kappa shape index (κ1) is 116. The molecule has 9 heterocycles. The normalized spacial score (nSPS) is 12.3. The summed E-state index contributed by atoms with van der Waals surface area (Å²) in [7, 11) is 20.8. The number of esters is 2. The first-order valence-corrected chi connectivity index (χ1v) is 53.4. The maximum atomic E-state index is 12.7. The summed E-state index contributed by atoms with van der Waals surface area (Å²) in [6.45, 7) is 11.6. The summed E-state index contributed by atoms with van der Waals surface area (Å²) in [5, 5.41) is 20.4. The molecule has 0 saturated carbocycles. The number of pyridine rings is 8. The first-order chi connectivity index (χ1) is 62.5. The summed E-state index contributed by atoms with van der Waals surface area (Å²) in [5.41, 5.74) is 10.5. The van der Waals surface area contributed by atoms with Gasteiger partial charge in [-0.15, -0.1) is 0 Å². The number of rotatable bonds is 12. The molecule has 0 radical (unpaired) electrons. The van der Waals surface area contributed by atoms with Crippen LogP contribution in [0.1, 0.15) is 93.1 Å². The number of allylic oxidation sites excluding steroid dienone is 6. The first-order valence-electron chi connectivity index (χ1n) is 38.1. The molecule has 1 N–H and O–H groups in total. The number of Topliss-reactive ketones (excluding diaryl/α,β-unsaturated/α-hetero) is 1. The van der Waals surface area contributed by atoms with Crippen LogP contribution in [0.5, 0.6) is 11.8 Å². The Morgan fingerprint density at radius 1 is 0.567 bits per heavy atom. The van der Waals surface area contributed by atoms with Crippen LogP contribution in [0, 0.1) is 46.9 Å². The number of fused-ring (bicyclic) bond motifs is 6. The van der Waals surface area contributed by atoms with Crippen molar-refractivity contribution in [2.24, 2.45) is 34.1 Å². The van der Waals surface area contributed by atoms with Crippen molar-refractivity contribution in [3.8, 4) is 11.8 Å². The number of aromatic amines is 1. The van der Waals surface area contributed by atoms with Gasteiger partial charge in [0.2, 0.25) is 16.8 Å². The van der Waals surface area contributed by atoms with E-state index in [1.807, 2.05) is 32.9 Å². The van der Waals surface area contributed by atoms with E-state index in [2.05, 4.69) is 144 Å². The fourth-order valence-corrected chi connectivity index (χ4v) is 18.6. The smallest absolute Gasteiger partial charge is 0.481 e. The van der Waals surface area contributed by atoms with Crippen molar-refractivity contribution in [1.29, 1.82) is 0 Å². The zero-order valence-corrected chi connectivity index (χ0v) is 93.1. The largest absolute Gasteiger partial charge is 0.643 e. The van der Waals surface area contributed by atoms with Crippen molar-refractivity contribution in [1.82, 2.24) is 42.2 Å². The molecule has 15 rings (SSSR count). The molecular formula is C84H74AlBr7Cl11N11O19S. The number of hydrogen-bond acceptors (Lipinski definition) is 22. The maximum absolute atomic E-state index is 12.7. The van der Waals surface area contributed by atoms with Gasteiger partial charge in [0.25, 0.3) is 56.5 Å². The molecule has 0 atom stereocenters. The van der Waals surface area contributed by atoms with E-state index in [1.54, 1.807) is 134 Å². The van der Waals surface area contributed by atoms with Crippen LogP contribution in [-0.4, -0.2) is 130 Å². The number of nitrogens with one attached hydrogen (secondary N) is 1. The van der Waals surface area contributed by atoms with Gasteiger partial charge in [-0.1, -0.05) is 155 Å². The van der Waals surface area contributed by atoms with Crippen LogP contribution in [0.25, 0.3) is 39.8 Å². The molecule has 1 aromatic carbocycles. The quantitative estimate of drug-likeness (QED) is 0.0226. The standard InChI is InChI=1S/C14H11BrN2O3S.C14H16BrNO3.C12H12BrNO3.C11H7BrCl3NO2.2C9H8BrNO.C7H7BrN2O3.C6H5ClN2O2.C2Cl4O.Al.3ClH/c1-9-2-4-10(5-3-9)21(19,20)17-7-6-11-12(15)8-16-14(18)13(11)17;1-8(2)7-19-14(18)10-5-4-9-12(10)11(15)6-16(3)13(9)17;1-3-17-12(16)8-5-4-7-10(8)9(13)6-14(2)11(7)15;1-16-4-7(12)8-5(9(17)11(13,14)15)2-3-6(8)10(16)18;1-12-9-7-4-2-3-6(7)8(10)5-11-9;1-11-5-8(10)6-3-2-4-7(6)9(11)12;1-4-5(8)3-9-7(13-2)6(4)10(11)12;1-4-2-3-8-6(7)5(4)9(10)11;3-1(7)2(4,5)6;;;;/h2-8H,1H3,(H,16,18);5-6,8H,4,7H2,1-3H3;5-6H,3-4H2,1-2H3;2,4H,3H2,1H3;2*2-3,5H,4H2,1H3;3H,1-2H3;2-3H,1H3;;;3*1H/q;;;;;;;;;+3;;;/p-3. The number of H-pyrrole nitrogens is 1. The minimum atomic E-state index is -3.80. The molecule has 0 aliphatic heterocycles. The van der Waals surface area contributed by atoms with Crippen molar-refractivity contribution in [2.75, 3.05) is 27.4 Å². The highest BCUT2D eigenvalue weighted by Crippen LogP contribution is 2.42. The van der Waals surface area contributed by atoms with Crippen molar-refractivity contribution in [2.45, 2.75) is 86.1 Å².